The van der Waals surface area contributed by atoms with Gasteiger partial charge in [0.25, 0.3) is 0 Å². The molecule has 0 atom stereocenters. The highest BCUT2D eigenvalue weighted by atomic mass is 32.2. The minimum absolute atomic E-state index is 0.0206. The van der Waals surface area contributed by atoms with Gasteiger partial charge in [0.15, 0.2) is 0 Å². The van der Waals surface area contributed by atoms with Crippen molar-refractivity contribution in [2.24, 2.45) is 5.14 Å². The molecule has 7 heteroatoms. The molecule has 0 radical (unpaired) electrons. The summed E-state index contributed by atoms with van der Waals surface area (Å²) in [5.74, 6) is 0. The van der Waals surface area contributed by atoms with Crippen LogP contribution in [0.5, 0.6) is 0 Å². The Morgan fingerprint density at radius 1 is 1.44 bits per heavy atom. The van der Waals surface area contributed by atoms with Crippen LogP contribution < -0.4 is 10.0 Å². The molecule has 1 aromatic carbocycles. The SMILES string of the molecule is CN1C(=O)OCc2ccc(S(N)(=O)=O)cc21. The molecule has 1 heterocycles. The number of nitrogens with two attached hydrogens (primary N) is 1. The van der Waals surface area contributed by atoms with Crippen LogP contribution in [0.3, 0.4) is 0 Å². The van der Waals surface area contributed by atoms with Gasteiger partial charge in [-0.1, -0.05) is 6.07 Å². The van der Waals surface area contributed by atoms with Crippen LogP contribution >= 0.6 is 0 Å². The van der Waals surface area contributed by atoms with Crippen LogP contribution in [0.25, 0.3) is 0 Å². The summed E-state index contributed by atoms with van der Waals surface area (Å²) in [5, 5.41) is 5.01. The van der Waals surface area contributed by atoms with E-state index in [1.54, 1.807) is 6.07 Å². The van der Waals surface area contributed by atoms with Crippen molar-refractivity contribution in [3.05, 3.63) is 23.8 Å². The topological polar surface area (TPSA) is 89.7 Å². The average Bonchev–Trinajstić information content (AvgIpc) is 2.22. The Bertz CT molecular complexity index is 553. The number of hydrogen-bond acceptors (Lipinski definition) is 4. The third kappa shape index (κ3) is 1.74. The first-order valence-electron chi connectivity index (χ1n) is 4.46. The van der Waals surface area contributed by atoms with Gasteiger partial charge in [-0.3, -0.25) is 4.90 Å². The van der Waals surface area contributed by atoms with Crippen LogP contribution in [-0.2, 0) is 21.4 Å². The van der Waals surface area contributed by atoms with E-state index in [4.69, 9.17) is 9.88 Å². The van der Waals surface area contributed by atoms with Gasteiger partial charge in [0, 0.05) is 12.6 Å². The molecule has 0 bridgehead atoms. The zero-order valence-electron chi connectivity index (χ0n) is 8.50. The van der Waals surface area contributed by atoms with Crippen LogP contribution in [0, 0.1) is 0 Å². The Balaban J connectivity index is 2.57. The number of fused-ring (bicyclic) bond motifs is 1. The van der Waals surface area contributed by atoms with Gasteiger partial charge < -0.3 is 4.74 Å². The van der Waals surface area contributed by atoms with E-state index in [9.17, 15) is 13.2 Å². The first kappa shape index (κ1) is 10.9. The van der Waals surface area contributed by atoms with Gasteiger partial charge in [-0.2, -0.15) is 0 Å². The largest absolute Gasteiger partial charge is 0.444 e. The summed E-state index contributed by atoms with van der Waals surface area (Å²) < 4.78 is 27.1. The van der Waals surface area contributed by atoms with Crippen molar-refractivity contribution < 1.29 is 17.9 Å². The minimum Gasteiger partial charge on any atom is -0.444 e. The lowest BCUT2D eigenvalue weighted by Gasteiger charge is -2.25. The number of amides is 1. The van der Waals surface area contributed by atoms with E-state index in [2.05, 4.69) is 0 Å². The van der Waals surface area contributed by atoms with E-state index in [1.165, 1.54) is 24.1 Å². The van der Waals surface area contributed by atoms with Crippen molar-refractivity contribution in [1.82, 2.24) is 0 Å². The average molecular weight is 242 g/mol. The van der Waals surface area contributed by atoms with Crippen LogP contribution in [-0.4, -0.2) is 21.6 Å². The standard InChI is InChI=1S/C9H10N2O4S/c1-11-8-4-7(16(10,13)14)3-2-6(8)5-15-9(11)12/h2-4H,5H2,1H3,(H2,10,13,14). The normalized spacial score (nSPS) is 15.6. The van der Waals surface area contributed by atoms with E-state index in [-0.39, 0.29) is 11.5 Å². The third-order valence-corrected chi connectivity index (χ3v) is 3.28. The van der Waals surface area contributed by atoms with Crippen molar-refractivity contribution in [2.75, 3.05) is 11.9 Å². The summed E-state index contributed by atoms with van der Waals surface area (Å²) in [5.41, 5.74) is 1.25. The molecular formula is C9H10N2O4S. The van der Waals surface area contributed by atoms with Gasteiger partial charge in [-0.15, -0.1) is 0 Å². The van der Waals surface area contributed by atoms with Gasteiger partial charge in [0.1, 0.15) is 6.61 Å². The van der Waals surface area contributed by atoms with Crippen molar-refractivity contribution in [3.8, 4) is 0 Å². The summed E-state index contributed by atoms with van der Waals surface area (Å²) in [6.07, 6.45) is -0.515. The lowest BCUT2D eigenvalue weighted by atomic mass is 10.1. The molecule has 0 saturated carbocycles. The summed E-state index contributed by atoms with van der Waals surface area (Å²) in [6.45, 7) is 0.142. The van der Waals surface area contributed by atoms with Crippen molar-refractivity contribution in [3.63, 3.8) is 0 Å². The van der Waals surface area contributed by atoms with Crippen LogP contribution in [0.1, 0.15) is 5.56 Å². The molecule has 1 amide bonds. The Labute approximate surface area is 92.7 Å². The summed E-state index contributed by atoms with van der Waals surface area (Å²) in [7, 11) is -2.25. The summed E-state index contributed by atoms with van der Waals surface area (Å²) in [4.78, 5) is 12.5. The van der Waals surface area contributed by atoms with E-state index in [0.29, 0.717) is 5.69 Å². The molecule has 2 rings (SSSR count). The van der Waals surface area contributed by atoms with Crippen molar-refractivity contribution >= 4 is 21.8 Å². The maximum absolute atomic E-state index is 11.2. The molecule has 0 unspecified atom stereocenters. The number of cyclic esters (lactones) is 1. The van der Waals surface area contributed by atoms with Crippen molar-refractivity contribution in [1.29, 1.82) is 0 Å². The molecule has 1 aromatic rings. The van der Waals surface area contributed by atoms with E-state index < -0.39 is 16.1 Å². The molecule has 0 aromatic heterocycles. The van der Waals surface area contributed by atoms with Gasteiger partial charge >= 0.3 is 6.09 Å². The molecular weight excluding hydrogens is 232 g/mol. The predicted molar refractivity (Wildman–Crippen MR) is 56.4 cm³/mol. The number of primary sulfonamides is 1. The Morgan fingerprint density at radius 3 is 2.75 bits per heavy atom. The molecule has 2 N–H and O–H groups in total. The maximum Gasteiger partial charge on any atom is 0.414 e. The Kier molecular flexibility index (Phi) is 2.36. The fourth-order valence-electron chi connectivity index (χ4n) is 1.49. The van der Waals surface area contributed by atoms with Gasteiger partial charge in [0.2, 0.25) is 10.0 Å². The molecule has 6 nitrogen and oxygen atoms in total. The molecule has 1 aliphatic heterocycles. The second kappa shape index (κ2) is 3.46. The molecule has 1 aliphatic rings. The number of ether oxygens (including phenoxy) is 1. The second-order valence-electron chi connectivity index (χ2n) is 3.45. The zero-order valence-corrected chi connectivity index (χ0v) is 9.32. The van der Waals surface area contributed by atoms with E-state index in [0.717, 1.165) is 5.56 Å². The van der Waals surface area contributed by atoms with Gasteiger partial charge in [0.05, 0.1) is 10.6 Å². The monoisotopic (exact) mass is 242 g/mol. The fraction of sp³-hybridized carbons (Fsp3) is 0.222. The lowest BCUT2D eigenvalue weighted by Crippen LogP contribution is -2.32. The smallest absolute Gasteiger partial charge is 0.414 e. The number of carbonyl (C=O) groups excluding carboxylic acids is 1. The number of carbonyl (C=O) groups is 1. The molecule has 86 valence electrons. The molecule has 16 heavy (non-hydrogen) atoms. The maximum atomic E-state index is 11.2. The highest BCUT2D eigenvalue weighted by molar-refractivity contribution is 7.89. The Hall–Kier alpha value is -1.60. The minimum atomic E-state index is -3.76. The second-order valence-corrected chi connectivity index (χ2v) is 5.01. The van der Waals surface area contributed by atoms with Crippen LogP contribution in [0.2, 0.25) is 0 Å². The first-order valence-corrected chi connectivity index (χ1v) is 6.00. The summed E-state index contributed by atoms with van der Waals surface area (Å²) in [6, 6.07) is 4.34. The lowest BCUT2D eigenvalue weighted by molar-refractivity contribution is 0.143. The fourth-order valence-corrected chi connectivity index (χ4v) is 2.02. The number of hydrogen-bond donors (Lipinski definition) is 1. The zero-order chi connectivity index (χ0) is 11.9. The van der Waals surface area contributed by atoms with E-state index in [1.807, 2.05) is 0 Å². The number of anilines is 1. The number of sulfonamides is 1. The highest BCUT2D eigenvalue weighted by Gasteiger charge is 2.23. The molecule has 0 saturated heterocycles. The molecule has 0 fully saturated rings. The molecule has 0 spiro atoms. The first-order chi connectivity index (χ1) is 7.39. The van der Waals surface area contributed by atoms with Crippen LogP contribution in [0.4, 0.5) is 10.5 Å². The predicted octanol–water partition coefficient (Wildman–Crippen LogP) is 0.420. The van der Waals surface area contributed by atoms with Crippen LogP contribution in [0.15, 0.2) is 23.1 Å². The van der Waals surface area contributed by atoms with E-state index >= 15 is 0 Å². The quantitative estimate of drug-likeness (QED) is 0.772. The van der Waals surface area contributed by atoms with Crippen molar-refractivity contribution in [2.45, 2.75) is 11.5 Å². The molecule has 0 aliphatic carbocycles. The number of rotatable bonds is 1. The Morgan fingerprint density at radius 2 is 2.12 bits per heavy atom. The summed E-state index contributed by atoms with van der Waals surface area (Å²) >= 11 is 0. The van der Waals surface area contributed by atoms with Gasteiger partial charge in [-0.25, -0.2) is 18.4 Å². The number of nitrogens with zero attached hydrogens (tertiary/aromatic N) is 1. The third-order valence-electron chi connectivity index (χ3n) is 2.37. The van der Waals surface area contributed by atoms with Gasteiger partial charge in [-0.05, 0) is 12.1 Å². The highest BCUT2D eigenvalue weighted by Crippen LogP contribution is 2.28. The number of benzene rings is 1.